The molecule has 0 aliphatic rings. The molecule has 0 radical (unpaired) electrons. The van der Waals surface area contributed by atoms with E-state index in [1.54, 1.807) is 12.1 Å². The molecule has 3 rings (SSSR count). The van der Waals surface area contributed by atoms with Crippen LogP contribution < -0.4 is 5.32 Å². The van der Waals surface area contributed by atoms with E-state index in [-0.39, 0.29) is 5.91 Å². The number of anilines is 1. The van der Waals surface area contributed by atoms with Gasteiger partial charge >= 0.3 is 0 Å². The van der Waals surface area contributed by atoms with Crippen molar-refractivity contribution < 1.29 is 9.32 Å². The SMILES string of the molecule is O=C(CCCc1nc(-c2ccc(Cl)cc2)no1)Nc1ccc(I)cc1. The molecule has 128 valence electrons. The van der Waals surface area contributed by atoms with E-state index in [1.165, 1.54) is 0 Å². The summed E-state index contributed by atoms with van der Waals surface area (Å²) in [6.07, 6.45) is 1.59. The molecule has 25 heavy (non-hydrogen) atoms. The van der Waals surface area contributed by atoms with E-state index in [9.17, 15) is 4.79 Å². The van der Waals surface area contributed by atoms with Crippen molar-refractivity contribution in [3.63, 3.8) is 0 Å². The number of amides is 1. The maximum atomic E-state index is 12.0. The van der Waals surface area contributed by atoms with Crippen LogP contribution in [-0.4, -0.2) is 16.0 Å². The largest absolute Gasteiger partial charge is 0.339 e. The molecule has 1 N–H and O–H groups in total. The van der Waals surface area contributed by atoms with E-state index < -0.39 is 0 Å². The summed E-state index contributed by atoms with van der Waals surface area (Å²) in [5.74, 6) is 1.01. The number of hydrogen-bond donors (Lipinski definition) is 1. The van der Waals surface area contributed by atoms with Gasteiger partial charge in [-0.1, -0.05) is 16.8 Å². The Bertz CT molecular complexity index is 848. The predicted octanol–water partition coefficient (Wildman–Crippen LogP) is 4.96. The summed E-state index contributed by atoms with van der Waals surface area (Å²) >= 11 is 8.09. The maximum absolute atomic E-state index is 12.0. The minimum atomic E-state index is -0.0290. The summed E-state index contributed by atoms with van der Waals surface area (Å²) in [5, 5.41) is 7.49. The van der Waals surface area contributed by atoms with Crippen LogP contribution in [0.4, 0.5) is 5.69 Å². The van der Waals surface area contributed by atoms with Gasteiger partial charge in [0, 0.05) is 32.7 Å². The first kappa shape index (κ1) is 17.9. The van der Waals surface area contributed by atoms with Crippen LogP contribution in [0.15, 0.2) is 53.1 Å². The lowest BCUT2D eigenvalue weighted by Crippen LogP contribution is -2.11. The second kappa shape index (κ2) is 8.44. The first-order valence-corrected chi connectivity index (χ1v) is 9.20. The zero-order valence-electron chi connectivity index (χ0n) is 13.2. The minimum Gasteiger partial charge on any atom is -0.339 e. The number of aromatic nitrogens is 2. The molecule has 0 saturated carbocycles. The van der Waals surface area contributed by atoms with Crippen molar-refractivity contribution in [3.05, 3.63) is 63.0 Å². The van der Waals surface area contributed by atoms with Crippen LogP contribution >= 0.6 is 34.2 Å². The predicted molar refractivity (Wildman–Crippen MR) is 105 cm³/mol. The van der Waals surface area contributed by atoms with Crippen LogP contribution in [0.1, 0.15) is 18.7 Å². The van der Waals surface area contributed by atoms with Crippen molar-refractivity contribution in [2.45, 2.75) is 19.3 Å². The van der Waals surface area contributed by atoms with Gasteiger partial charge < -0.3 is 9.84 Å². The fourth-order valence-corrected chi connectivity index (χ4v) is 2.72. The van der Waals surface area contributed by atoms with Gasteiger partial charge in [-0.05, 0) is 77.5 Å². The lowest BCUT2D eigenvalue weighted by atomic mass is 10.2. The highest BCUT2D eigenvalue weighted by molar-refractivity contribution is 14.1. The summed E-state index contributed by atoms with van der Waals surface area (Å²) in [4.78, 5) is 16.3. The first-order chi connectivity index (χ1) is 12.1. The van der Waals surface area contributed by atoms with E-state index in [4.69, 9.17) is 16.1 Å². The van der Waals surface area contributed by atoms with E-state index in [2.05, 4.69) is 38.0 Å². The quantitative estimate of drug-likeness (QED) is 0.521. The molecular formula is C18H15ClIN3O2. The third-order valence-electron chi connectivity index (χ3n) is 3.49. The van der Waals surface area contributed by atoms with Crippen molar-refractivity contribution >= 4 is 45.8 Å². The highest BCUT2D eigenvalue weighted by atomic mass is 127. The molecule has 0 saturated heterocycles. The van der Waals surface area contributed by atoms with Crippen LogP contribution in [-0.2, 0) is 11.2 Å². The van der Waals surface area contributed by atoms with Gasteiger partial charge in [-0.2, -0.15) is 4.98 Å². The van der Waals surface area contributed by atoms with Crippen molar-refractivity contribution in [1.82, 2.24) is 10.1 Å². The Morgan fingerprint density at radius 1 is 1.12 bits per heavy atom. The molecule has 3 aromatic rings. The van der Waals surface area contributed by atoms with Crippen LogP contribution in [0.3, 0.4) is 0 Å². The van der Waals surface area contributed by atoms with Gasteiger partial charge in [0.15, 0.2) is 0 Å². The molecule has 2 aromatic carbocycles. The highest BCUT2D eigenvalue weighted by Gasteiger charge is 2.10. The Morgan fingerprint density at radius 3 is 2.56 bits per heavy atom. The molecule has 0 spiro atoms. The van der Waals surface area contributed by atoms with Gasteiger partial charge in [0.2, 0.25) is 17.6 Å². The molecule has 5 nitrogen and oxygen atoms in total. The second-order valence-corrected chi connectivity index (χ2v) is 7.11. The number of hydrogen-bond acceptors (Lipinski definition) is 4. The molecule has 0 bridgehead atoms. The number of carbonyl (C=O) groups is 1. The van der Waals surface area contributed by atoms with Crippen LogP contribution in [0.2, 0.25) is 5.02 Å². The Kier molecular flexibility index (Phi) is 6.04. The molecule has 0 unspecified atom stereocenters. The first-order valence-electron chi connectivity index (χ1n) is 7.74. The third kappa shape index (κ3) is 5.27. The molecule has 1 amide bonds. The number of carbonyl (C=O) groups excluding carboxylic acids is 1. The zero-order valence-corrected chi connectivity index (χ0v) is 16.1. The number of benzene rings is 2. The Morgan fingerprint density at radius 2 is 1.84 bits per heavy atom. The molecule has 0 aliphatic heterocycles. The lowest BCUT2D eigenvalue weighted by Gasteiger charge is -2.04. The smallest absolute Gasteiger partial charge is 0.226 e. The van der Waals surface area contributed by atoms with Gasteiger partial charge in [-0.15, -0.1) is 0 Å². The fraction of sp³-hybridized carbons (Fsp3) is 0.167. The summed E-state index contributed by atoms with van der Waals surface area (Å²) < 4.78 is 6.36. The number of halogens is 2. The molecule has 0 atom stereocenters. The van der Waals surface area contributed by atoms with E-state index in [0.29, 0.717) is 36.0 Å². The zero-order chi connectivity index (χ0) is 17.6. The Balaban J connectivity index is 1.48. The normalized spacial score (nSPS) is 10.6. The Labute approximate surface area is 163 Å². The molecular weight excluding hydrogens is 453 g/mol. The molecule has 1 aromatic heterocycles. The van der Waals surface area contributed by atoms with Crippen molar-refractivity contribution in [2.75, 3.05) is 5.32 Å². The van der Waals surface area contributed by atoms with Gasteiger partial charge in [0.1, 0.15) is 0 Å². The van der Waals surface area contributed by atoms with Crippen molar-refractivity contribution in [2.24, 2.45) is 0 Å². The van der Waals surface area contributed by atoms with Crippen LogP contribution in [0, 0.1) is 3.57 Å². The number of nitrogens with zero attached hydrogens (tertiary/aromatic N) is 2. The standard InChI is InChI=1S/C18H15ClIN3O2/c19-13-6-4-12(5-7-13)18-22-17(25-23-18)3-1-2-16(24)21-15-10-8-14(20)9-11-15/h4-11H,1-3H2,(H,21,24). The molecule has 1 heterocycles. The van der Waals surface area contributed by atoms with E-state index in [1.807, 2.05) is 36.4 Å². The fourth-order valence-electron chi connectivity index (χ4n) is 2.23. The van der Waals surface area contributed by atoms with Crippen molar-refractivity contribution in [1.29, 1.82) is 0 Å². The lowest BCUT2D eigenvalue weighted by molar-refractivity contribution is -0.116. The van der Waals surface area contributed by atoms with Gasteiger partial charge in [-0.25, -0.2) is 0 Å². The number of aryl methyl sites for hydroxylation is 1. The third-order valence-corrected chi connectivity index (χ3v) is 4.46. The molecule has 0 aliphatic carbocycles. The average molecular weight is 468 g/mol. The van der Waals surface area contributed by atoms with Crippen LogP contribution in [0.5, 0.6) is 0 Å². The van der Waals surface area contributed by atoms with Crippen LogP contribution in [0.25, 0.3) is 11.4 Å². The summed E-state index contributed by atoms with van der Waals surface area (Å²) in [7, 11) is 0. The summed E-state index contributed by atoms with van der Waals surface area (Å²) in [5.41, 5.74) is 1.64. The average Bonchev–Trinajstić information content (AvgIpc) is 3.06. The van der Waals surface area contributed by atoms with Gasteiger partial charge in [0.05, 0.1) is 0 Å². The monoisotopic (exact) mass is 467 g/mol. The molecule has 0 fully saturated rings. The van der Waals surface area contributed by atoms with Crippen molar-refractivity contribution in [3.8, 4) is 11.4 Å². The summed E-state index contributed by atoms with van der Waals surface area (Å²) in [6.45, 7) is 0. The van der Waals surface area contributed by atoms with E-state index in [0.717, 1.165) is 14.8 Å². The summed E-state index contributed by atoms with van der Waals surface area (Å²) in [6, 6.07) is 14.9. The number of rotatable bonds is 6. The Hall–Kier alpha value is -1.93. The van der Waals surface area contributed by atoms with Gasteiger partial charge in [-0.3, -0.25) is 4.79 Å². The van der Waals surface area contributed by atoms with E-state index >= 15 is 0 Å². The number of nitrogens with one attached hydrogen (secondary N) is 1. The highest BCUT2D eigenvalue weighted by Crippen LogP contribution is 2.19. The maximum Gasteiger partial charge on any atom is 0.226 e. The molecule has 7 heteroatoms. The topological polar surface area (TPSA) is 68.0 Å². The minimum absolute atomic E-state index is 0.0290. The van der Waals surface area contributed by atoms with Gasteiger partial charge in [0.25, 0.3) is 0 Å². The second-order valence-electron chi connectivity index (χ2n) is 5.43.